The van der Waals surface area contributed by atoms with Gasteiger partial charge < -0.3 is 0 Å². The van der Waals surface area contributed by atoms with Crippen LogP contribution >= 0.6 is 0 Å². The van der Waals surface area contributed by atoms with E-state index in [4.69, 9.17) is 0 Å². The Morgan fingerprint density at radius 2 is 2.00 bits per heavy atom. The second-order valence-electron chi connectivity index (χ2n) is 4.97. The van der Waals surface area contributed by atoms with Crippen molar-refractivity contribution >= 4 is 16.7 Å². The van der Waals surface area contributed by atoms with Gasteiger partial charge in [-0.15, -0.1) is 0 Å². The Balaban J connectivity index is 2.50. The predicted molar refractivity (Wildman–Crippen MR) is 78.0 cm³/mol. The average Bonchev–Trinajstić information content (AvgIpc) is 2.38. The van der Waals surface area contributed by atoms with Crippen LogP contribution in [0, 0.1) is 0 Å². The Bertz CT molecular complexity index is 631. The molecular weight excluding hydrogens is 236 g/mol. The van der Waals surface area contributed by atoms with Crippen LogP contribution in [0.2, 0.25) is 0 Å². The second kappa shape index (κ2) is 5.33. The van der Waals surface area contributed by atoms with Gasteiger partial charge in [-0.05, 0) is 44.3 Å². The Morgan fingerprint density at radius 3 is 2.63 bits per heavy atom. The normalized spacial score (nSPS) is 12.6. The molecule has 0 radical (unpaired) electrons. The molecule has 1 atom stereocenters. The van der Waals surface area contributed by atoms with Crippen molar-refractivity contribution in [2.75, 3.05) is 14.1 Å². The topological polar surface area (TPSA) is 33.2 Å². The van der Waals surface area contributed by atoms with Gasteiger partial charge in [0.25, 0.3) is 0 Å². The van der Waals surface area contributed by atoms with Gasteiger partial charge in [-0.1, -0.05) is 24.8 Å². The van der Waals surface area contributed by atoms with Crippen molar-refractivity contribution in [3.05, 3.63) is 54.2 Å². The fourth-order valence-electron chi connectivity index (χ4n) is 2.16. The molecule has 0 bridgehead atoms. The smallest absolute Gasteiger partial charge is 0.179 e. The van der Waals surface area contributed by atoms with Crippen LogP contribution in [0.15, 0.2) is 48.7 Å². The highest BCUT2D eigenvalue weighted by Gasteiger charge is 2.23. The van der Waals surface area contributed by atoms with E-state index >= 15 is 0 Å². The molecular formula is C16H18N2O. The standard InChI is InChI=1S/C16H18N2O/c1-11(2)16(19)15(18(3)4)13-9-12-7-5-6-8-14(12)17-10-13/h5-10,15H,1H2,2-4H3. The second-order valence-corrected chi connectivity index (χ2v) is 4.97. The summed E-state index contributed by atoms with van der Waals surface area (Å²) in [6.07, 6.45) is 1.77. The van der Waals surface area contributed by atoms with E-state index in [2.05, 4.69) is 11.6 Å². The molecule has 3 heteroatoms. The monoisotopic (exact) mass is 254 g/mol. The van der Waals surface area contributed by atoms with Crippen molar-refractivity contribution in [1.82, 2.24) is 9.88 Å². The molecule has 2 rings (SSSR count). The van der Waals surface area contributed by atoms with Gasteiger partial charge in [0.15, 0.2) is 5.78 Å². The average molecular weight is 254 g/mol. The summed E-state index contributed by atoms with van der Waals surface area (Å²) in [6, 6.07) is 9.59. The molecule has 0 aliphatic heterocycles. The molecule has 0 saturated carbocycles. The maximum absolute atomic E-state index is 12.3. The molecule has 0 aliphatic rings. The first-order valence-electron chi connectivity index (χ1n) is 6.21. The third kappa shape index (κ3) is 2.71. The number of benzene rings is 1. The molecule has 1 aromatic heterocycles. The van der Waals surface area contributed by atoms with Crippen LogP contribution in [0.3, 0.4) is 0 Å². The summed E-state index contributed by atoms with van der Waals surface area (Å²) in [5, 5.41) is 1.04. The quantitative estimate of drug-likeness (QED) is 0.786. The number of hydrogen-bond acceptors (Lipinski definition) is 3. The Hall–Kier alpha value is -2.00. The number of hydrogen-bond donors (Lipinski definition) is 0. The van der Waals surface area contributed by atoms with Crippen LogP contribution in [0.25, 0.3) is 10.9 Å². The van der Waals surface area contributed by atoms with E-state index < -0.39 is 0 Å². The number of ketones is 1. The Morgan fingerprint density at radius 1 is 1.32 bits per heavy atom. The van der Waals surface area contributed by atoms with Crippen molar-refractivity contribution in [2.24, 2.45) is 0 Å². The lowest BCUT2D eigenvalue weighted by Gasteiger charge is -2.23. The Labute approximate surface area is 113 Å². The predicted octanol–water partition coefficient (Wildman–Crippen LogP) is 2.98. The molecule has 0 aliphatic carbocycles. The SMILES string of the molecule is C=C(C)C(=O)C(c1cnc2ccccc2c1)N(C)C. The Kier molecular flexibility index (Phi) is 3.76. The highest BCUT2D eigenvalue weighted by molar-refractivity contribution is 5.99. The number of carbonyl (C=O) groups excluding carboxylic acids is 1. The van der Waals surface area contributed by atoms with Crippen LogP contribution in [0.1, 0.15) is 18.5 Å². The number of pyridine rings is 1. The summed E-state index contributed by atoms with van der Waals surface area (Å²) in [5.41, 5.74) is 2.40. The molecule has 0 spiro atoms. The molecule has 1 aromatic carbocycles. The third-order valence-electron chi connectivity index (χ3n) is 3.11. The van der Waals surface area contributed by atoms with Gasteiger partial charge in [0, 0.05) is 11.6 Å². The van der Waals surface area contributed by atoms with Gasteiger partial charge in [-0.25, -0.2) is 0 Å². The van der Waals surface area contributed by atoms with E-state index in [0.717, 1.165) is 16.5 Å². The molecule has 2 aromatic rings. The molecule has 19 heavy (non-hydrogen) atoms. The first-order chi connectivity index (χ1) is 9.00. The number of rotatable bonds is 4. The number of fused-ring (bicyclic) bond motifs is 1. The molecule has 0 N–H and O–H groups in total. The molecule has 3 nitrogen and oxygen atoms in total. The van der Waals surface area contributed by atoms with Crippen LogP contribution in [-0.4, -0.2) is 29.8 Å². The van der Waals surface area contributed by atoms with Gasteiger partial charge in [-0.3, -0.25) is 14.7 Å². The van der Waals surface area contributed by atoms with E-state index in [9.17, 15) is 4.79 Å². The third-order valence-corrected chi connectivity index (χ3v) is 3.11. The van der Waals surface area contributed by atoms with E-state index in [1.165, 1.54) is 0 Å². The zero-order valence-corrected chi connectivity index (χ0v) is 11.6. The number of likely N-dealkylation sites (N-methyl/N-ethyl adjacent to an activating group) is 1. The van der Waals surface area contributed by atoms with Crippen molar-refractivity contribution in [1.29, 1.82) is 0 Å². The summed E-state index contributed by atoms with van der Waals surface area (Å²) < 4.78 is 0. The molecule has 0 amide bonds. The minimum Gasteiger partial charge on any atom is -0.296 e. The summed E-state index contributed by atoms with van der Waals surface area (Å²) in [5.74, 6) is 0.0297. The minimum absolute atomic E-state index is 0.0297. The number of para-hydroxylation sites is 1. The fourth-order valence-corrected chi connectivity index (χ4v) is 2.16. The van der Waals surface area contributed by atoms with Gasteiger partial charge >= 0.3 is 0 Å². The lowest BCUT2D eigenvalue weighted by atomic mass is 9.98. The highest BCUT2D eigenvalue weighted by Crippen LogP contribution is 2.24. The molecule has 1 heterocycles. The fraction of sp³-hybridized carbons (Fsp3) is 0.250. The van der Waals surface area contributed by atoms with Crippen LogP contribution in [0.4, 0.5) is 0 Å². The first kappa shape index (κ1) is 13.4. The van der Waals surface area contributed by atoms with Crippen molar-refractivity contribution in [2.45, 2.75) is 13.0 Å². The van der Waals surface area contributed by atoms with Gasteiger partial charge in [0.05, 0.1) is 11.6 Å². The maximum atomic E-state index is 12.3. The zero-order chi connectivity index (χ0) is 14.0. The molecule has 0 fully saturated rings. The van der Waals surface area contributed by atoms with E-state index in [0.29, 0.717) is 5.57 Å². The summed E-state index contributed by atoms with van der Waals surface area (Å²) in [4.78, 5) is 18.6. The number of Topliss-reactive ketones (excluding diaryl/α,β-unsaturated/α-hetero) is 1. The van der Waals surface area contributed by atoms with Crippen molar-refractivity contribution < 1.29 is 4.79 Å². The van der Waals surface area contributed by atoms with Crippen molar-refractivity contribution in [3.8, 4) is 0 Å². The van der Waals surface area contributed by atoms with Gasteiger partial charge in [0.1, 0.15) is 0 Å². The number of carbonyl (C=O) groups is 1. The lowest BCUT2D eigenvalue weighted by Crippen LogP contribution is -2.28. The molecule has 98 valence electrons. The van der Waals surface area contributed by atoms with Crippen molar-refractivity contribution in [3.63, 3.8) is 0 Å². The summed E-state index contributed by atoms with van der Waals surface area (Å²) in [7, 11) is 3.78. The highest BCUT2D eigenvalue weighted by atomic mass is 16.1. The van der Waals surface area contributed by atoms with Gasteiger partial charge in [-0.2, -0.15) is 0 Å². The molecule has 0 saturated heterocycles. The van der Waals surface area contributed by atoms with Crippen LogP contribution in [-0.2, 0) is 4.79 Å². The molecule has 1 unspecified atom stereocenters. The van der Waals surface area contributed by atoms with Crippen LogP contribution < -0.4 is 0 Å². The minimum atomic E-state index is -0.324. The zero-order valence-electron chi connectivity index (χ0n) is 11.6. The largest absolute Gasteiger partial charge is 0.296 e. The van der Waals surface area contributed by atoms with E-state index in [1.807, 2.05) is 49.3 Å². The van der Waals surface area contributed by atoms with E-state index in [-0.39, 0.29) is 11.8 Å². The number of nitrogens with zero attached hydrogens (tertiary/aromatic N) is 2. The van der Waals surface area contributed by atoms with Gasteiger partial charge in [0.2, 0.25) is 0 Å². The maximum Gasteiger partial charge on any atom is 0.179 e. The number of aromatic nitrogens is 1. The summed E-state index contributed by atoms with van der Waals surface area (Å²) >= 11 is 0. The summed E-state index contributed by atoms with van der Waals surface area (Å²) in [6.45, 7) is 5.49. The van der Waals surface area contributed by atoms with E-state index in [1.54, 1.807) is 13.1 Å². The first-order valence-corrected chi connectivity index (χ1v) is 6.21. The van der Waals surface area contributed by atoms with Crippen LogP contribution in [0.5, 0.6) is 0 Å². The lowest BCUT2D eigenvalue weighted by molar-refractivity contribution is -0.119.